The molecule has 0 spiro atoms. The Hall–Kier alpha value is -1.22. The summed E-state index contributed by atoms with van der Waals surface area (Å²) in [6.07, 6.45) is 5.31. The average Bonchev–Trinajstić information content (AvgIpc) is 2.35. The van der Waals surface area contributed by atoms with E-state index in [4.69, 9.17) is 11.6 Å². The summed E-state index contributed by atoms with van der Waals surface area (Å²) in [6.45, 7) is 2.02. The first kappa shape index (κ1) is 13.2. The molecular formula is C14H18ClNO2. The van der Waals surface area contributed by atoms with E-state index < -0.39 is 0 Å². The second-order valence-corrected chi connectivity index (χ2v) is 5.65. The summed E-state index contributed by atoms with van der Waals surface area (Å²) in [7, 11) is 0. The van der Waals surface area contributed by atoms with Gasteiger partial charge in [-0.25, -0.2) is 0 Å². The van der Waals surface area contributed by atoms with E-state index in [1.54, 1.807) is 12.1 Å². The van der Waals surface area contributed by atoms with Gasteiger partial charge < -0.3 is 10.4 Å². The van der Waals surface area contributed by atoms with Gasteiger partial charge in [0, 0.05) is 11.1 Å². The second kappa shape index (κ2) is 5.19. The molecule has 1 aromatic rings. The van der Waals surface area contributed by atoms with Crippen LogP contribution in [-0.4, -0.2) is 11.0 Å². The summed E-state index contributed by atoms with van der Waals surface area (Å²) < 4.78 is 0. The maximum atomic E-state index is 12.3. The lowest BCUT2D eigenvalue weighted by atomic mass is 9.75. The summed E-state index contributed by atoms with van der Waals surface area (Å²) in [4.78, 5) is 12.3. The molecule has 0 bridgehead atoms. The van der Waals surface area contributed by atoms with Crippen molar-refractivity contribution in [3.05, 3.63) is 23.2 Å². The molecule has 1 aliphatic rings. The van der Waals surface area contributed by atoms with E-state index in [1.807, 2.05) is 6.92 Å². The zero-order chi connectivity index (χ0) is 13.2. The maximum absolute atomic E-state index is 12.3. The Bertz CT molecular complexity index is 453. The number of phenols is 1. The molecule has 1 fully saturated rings. The van der Waals surface area contributed by atoms with Gasteiger partial charge in [0.2, 0.25) is 5.91 Å². The Morgan fingerprint density at radius 1 is 1.33 bits per heavy atom. The average molecular weight is 268 g/mol. The van der Waals surface area contributed by atoms with Crippen molar-refractivity contribution in [1.82, 2.24) is 0 Å². The molecule has 1 amide bonds. The quantitative estimate of drug-likeness (QED) is 0.797. The minimum Gasteiger partial charge on any atom is -0.506 e. The van der Waals surface area contributed by atoms with Crippen LogP contribution in [0.4, 0.5) is 5.69 Å². The van der Waals surface area contributed by atoms with Crippen molar-refractivity contribution < 1.29 is 9.90 Å². The lowest BCUT2D eigenvalue weighted by Gasteiger charge is -2.32. The number of carbonyl (C=O) groups is 1. The summed E-state index contributed by atoms with van der Waals surface area (Å²) in [5, 5.41) is 12.5. The van der Waals surface area contributed by atoms with Gasteiger partial charge in [-0.05, 0) is 31.0 Å². The van der Waals surface area contributed by atoms with Crippen molar-refractivity contribution in [1.29, 1.82) is 0 Å². The molecule has 0 radical (unpaired) electrons. The fourth-order valence-electron chi connectivity index (χ4n) is 2.43. The van der Waals surface area contributed by atoms with Crippen molar-refractivity contribution in [3.63, 3.8) is 0 Å². The predicted octanol–water partition coefficient (Wildman–Crippen LogP) is 3.95. The SMILES string of the molecule is CC1(C(=O)Nc2ccc(O)c(Cl)c2)CCCCC1. The van der Waals surface area contributed by atoms with Crippen LogP contribution in [0.15, 0.2) is 18.2 Å². The van der Waals surface area contributed by atoms with E-state index >= 15 is 0 Å². The second-order valence-electron chi connectivity index (χ2n) is 5.24. The van der Waals surface area contributed by atoms with Gasteiger partial charge in [-0.3, -0.25) is 4.79 Å². The van der Waals surface area contributed by atoms with Crippen molar-refractivity contribution >= 4 is 23.2 Å². The van der Waals surface area contributed by atoms with Crippen LogP contribution in [0, 0.1) is 5.41 Å². The van der Waals surface area contributed by atoms with Crippen molar-refractivity contribution in [3.8, 4) is 5.75 Å². The number of nitrogens with one attached hydrogen (secondary N) is 1. The number of carbonyl (C=O) groups excluding carboxylic acids is 1. The number of benzene rings is 1. The van der Waals surface area contributed by atoms with Gasteiger partial charge >= 0.3 is 0 Å². The predicted molar refractivity (Wildman–Crippen MR) is 72.9 cm³/mol. The molecule has 2 rings (SSSR count). The maximum Gasteiger partial charge on any atom is 0.230 e. The summed E-state index contributed by atoms with van der Waals surface area (Å²) in [5.41, 5.74) is 0.359. The van der Waals surface area contributed by atoms with Gasteiger partial charge in [-0.15, -0.1) is 0 Å². The highest BCUT2D eigenvalue weighted by atomic mass is 35.5. The zero-order valence-electron chi connectivity index (χ0n) is 10.5. The van der Waals surface area contributed by atoms with Crippen LogP contribution in [-0.2, 0) is 4.79 Å². The highest BCUT2D eigenvalue weighted by Gasteiger charge is 2.34. The van der Waals surface area contributed by atoms with Crippen LogP contribution >= 0.6 is 11.6 Å². The zero-order valence-corrected chi connectivity index (χ0v) is 11.3. The highest BCUT2D eigenvalue weighted by molar-refractivity contribution is 6.32. The number of phenolic OH excluding ortho intramolecular Hbond substituents is 1. The van der Waals surface area contributed by atoms with Crippen LogP contribution in [0.1, 0.15) is 39.0 Å². The van der Waals surface area contributed by atoms with Crippen LogP contribution in [0.25, 0.3) is 0 Å². The number of hydrogen-bond donors (Lipinski definition) is 2. The molecular weight excluding hydrogens is 250 g/mol. The molecule has 0 heterocycles. The van der Waals surface area contributed by atoms with Crippen molar-refractivity contribution in [2.75, 3.05) is 5.32 Å². The molecule has 0 atom stereocenters. The highest BCUT2D eigenvalue weighted by Crippen LogP contribution is 2.37. The third-order valence-corrected chi connectivity index (χ3v) is 4.01. The number of halogens is 1. The normalized spacial score (nSPS) is 18.3. The molecule has 1 aromatic carbocycles. The largest absolute Gasteiger partial charge is 0.506 e. The summed E-state index contributed by atoms with van der Waals surface area (Å²) >= 11 is 5.82. The van der Waals surface area contributed by atoms with E-state index in [-0.39, 0.29) is 22.1 Å². The fourth-order valence-corrected chi connectivity index (χ4v) is 2.61. The lowest BCUT2D eigenvalue weighted by Crippen LogP contribution is -2.35. The van der Waals surface area contributed by atoms with Crippen LogP contribution < -0.4 is 5.32 Å². The minimum atomic E-state index is -0.275. The molecule has 1 saturated carbocycles. The first-order valence-electron chi connectivity index (χ1n) is 6.31. The monoisotopic (exact) mass is 267 g/mol. The standard InChI is InChI=1S/C14H18ClNO2/c1-14(7-3-2-4-8-14)13(18)16-10-5-6-12(17)11(15)9-10/h5-6,9,17H,2-4,7-8H2,1H3,(H,16,18). The fraction of sp³-hybridized carbons (Fsp3) is 0.500. The Balaban J connectivity index is 2.08. The van der Waals surface area contributed by atoms with Crippen molar-refractivity contribution in [2.45, 2.75) is 39.0 Å². The Morgan fingerprint density at radius 3 is 2.61 bits per heavy atom. The van der Waals surface area contributed by atoms with E-state index in [0.717, 1.165) is 25.7 Å². The Kier molecular flexibility index (Phi) is 3.81. The van der Waals surface area contributed by atoms with E-state index in [9.17, 15) is 9.90 Å². The third kappa shape index (κ3) is 2.78. The number of rotatable bonds is 2. The van der Waals surface area contributed by atoms with Crippen LogP contribution in [0.2, 0.25) is 5.02 Å². The molecule has 0 unspecified atom stereocenters. The van der Waals surface area contributed by atoms with Crippen LogP contribution in [0.5, 0.6) is 5.75 Å². The third-order valence-electron chi connectivity index (χ3n) is 3.71. The number of aromatic hydroxyl groups is 1. The molecule has 0 aliphatic heterocycles. The first-order valence-corrected chi connectivity index (χ1v) is 6.69. The molecule has 4 heteroatoms. The lowest BCUT2D eigenvalue weighted by molar-refractivity contribution is -0.126. The Morgan fingerprint density at radius 2 is 2.00 bits per heavy atom. The number of amides is 1. The summed E-state index contributed by atoms with van der Waals surface area (Å²) in [5.74, 6) is 0.0718. The molecule has 1 aliphatic carbocycles. The molecule has 0 saturated heterocycles. The number of hydrogen-bond acceptors (Lipinski definition) is 2. The molecule has 2 N–H and O–H groups in total. The first-order chi connectivity index (χ1) is 8.51. The van der Waals surface area contributed by atoms with E-state index in [2.05, 4.69) is 5.32 Å². The van der Waals surface area contributed by atoms with E-state index in [0.29, 0.717) is 5.69 Å². The van der Waals surface area contributed by atoms with Gasteiger partial charge in [-0.1, -0.05) is 37.8 Å². The van der Waals surface area contributed by atoms with E-state index in [1.165, 1.54) is 12.5 Å². The number of anilines is 1. The van der Waals surface area contributed by atoms with Crippen LogP contribution in [0.3, 0.4) is 0 Å². The molecule has 0 aromatic heterocycles. The van der Waals surface area contributed by atoms with Gasteiger partial charge in [0.05, 0.1) is 5.02 Å². The molecule has 3 nitrogen and oxygen atoms in total. The topological polar surface area (TPSA) is 49.3 Å². The minimum absolute atomic E-state index is 0.0264. The molecule has 98 valence electrons. The summed E-state index contributed by atoms with van der Waals surface area (Å²) in [6, 6.07) is 4.72. The van der Waals surface area contributed by atoms with Gasteiger partial charge in [0.15, 0.2) is 0 Å². The van der Waals surface area contributed by atoms with Gasteiger partial charge in [-0.2, -0.15) is 0 Å². The van der Waals surface area contributed by atoms with Crippen molar-refractivity contribution in [2.24, 2.45) is 5.41 Å². The Labute approximate surface area is 112 Å². The smallest absolute Gasteiger partial charge is 0.230 e. The van der Waals surface area contributed by atoms with Gasteiger partial charge in [0.1, 0.15) is 5.75 Å². The molecule has 18 heavy (non-hydrogen) atoms. The van der Waals surface area contributed by atoms with Gasteiger partial charge in [0.25, 0.3) is 0 Å².